The van der Waals surface area contributed by atoms with Gasteiger partial charge in [-0.15, -0.1) is 0 Å². The molecule has 0 bridgehead atoms. The van der Waals surface area contributed by atoms with E-state index in [4.69, 9.17) is 5.14 Å². The molecule has 0 aliphatic carbocycles. The molecule has 3 N–H and O–H groups in total. The van der Waals surface area contributed by atoms with E-state index in [0.29, 0.717) is 12.2 Å². The molecule has 0 spiro atoms. The predicted octanol–water partition coefficient (Wildman–Crippen LogP) is 1.52. The fourth-order valence-corrected chi connectivity index (χ4v) is 3.62. The maximum absolute atomic E-state index is 12.6. The number of anilines is 1. The summed E-state index contributed by atoms with van der Waals surface area (Å²) < 4.78 is 23.3. The number of amides is 2. The molecule has 136 valence electrons. The van der Waals surface area contributed by atoms with Crippen LogP contribution in [-0.4, -0.2) is 26.3 Å². The van der Waals surface area contributed by atoms with Crippen LogP contribution in [0.2, 0.25) is 0 Å². The first-order valence-corrected chi connectivity index (χ1v) is 10.1. The molecular weight excluding hydrogens is 422 g/mol. The van der Waals surface area contributed by atoms with Crippen LogP contribution in [0.3, 0.4) is 0 Å². The number of nitrogens with zero attached hydrogens (tertiary/aromatic N) is 1. The first kappa shape index (κ1) is 18.7. The van der Waals surface area contributed by atoms with Crippen LogP contribution in [0, 0.1) is 0 Å². The molecule has 1 fully saturated rings. The Morgan fingerprint density at radius 3 is 2.46 bits per heavy atom. The second-order valence-electron chi connectivity index (χ2n) is 5.87. The lowest BCUT2D eigenvalue weighted by Gasteiger charge is -2.16. The molecule has 0 aromatic heterocycles. The van der Waals surface area contributed by atoms with Crippen LogP contribution in [0.5, 0.6) is 0 Å². The molecule has 7 nitrogen and oxygen atoms in total. The summed E-state index contributed by atoms with van der Waals surface area (Å²) in [6, 6.07) is 12.4. The SMILES string of the molecule is NS(=O)(=O)c1ccc(CN[C@H]2CC(=O)N(c3cccc(Br)c3)C2=O)cc1. The number of carbonyl (C=O) groups excluding carboxylic acids is 2. The number of primary sulfonamides is 1. The summed E-state index contributed by atoms with van der Waals surface area (Å²) in [6.07, 6.45) is 0.0700. The summed E-state index contributed by atoms with van der Waals surface area (Å²) in [5.41, 5.74) is 1.30. The molecule has 1 atom stereocenters. The lowest BCUT2D eigenvalue weighted by molar-refractivity contribution is -0.121. The zero-order chi connectivity index (χ0) is 18.9. The number of carbonyl (C=O) groups is 2. The van der Waals surface area contributed by atoms with Crippen LogP contribution in [-0.2, 0) is 26.2 Å². The van der Waals surface area contributed by atoms with Crippen LogP contribution >= 0.6 is 15.9 Å². The third kappa shape index (κ3) is 4.01. The minimum absolute atomic E-state index is 0.0224. The summed E-state index contributed by atoms with van der Waals surface area (Å²) in [4.78, 5) is 26.0. The van der Waals surface area contributed by atoms with E-state index in [0.717, 1.165) is 10.0 Å². The Kier molecular flexibility index (Phi) is 5.24. The summed E-state index contributed by atoms with van der Waals surface area (Å²) >= 11 is 3.33. The molecule has 9 heteroatoms. The Bertz CT molecular complexity index is 960. The first-order chi connectivity index (χ1) is 12.3. The highest BCUT2D eigenvalue weighted by atomic mass is 79.9. The van der Waals surface area contributed by atoms with Crippen molar-refractivity contribution in [2.45, 2.75) is 23.9 Å². The normalized spacial score (nSPS) is 17.8. The highest BCUT2D eigenvalue weighted by Gasteiger charge is 2.39. The molecule has 0 saturated carbocycles. The zero-order valence-corrected chi connectivity index (χ0v) is 16.0. The summed E-state index contributed by atoms with van der Waals surface area (Å²) in [5, 5.41) is 8.11. The number of sulfonamides is 1. The lowest BCUT2D eigenvalue weighted by atomic mass is 10.2. The molecule has 1 aliphatic heterocycles. The fourth-order valence-electron chi connectivity index (χ4n) is 2.72. The Hall–Kier alpha value is -2.07. The molecule has 3 rings (SSSR count). The van der Waals surface area contributed by atoms with E-state index >= 15 is 0 Å². The second-order valence-corrected chi connectivity index (χ2v) is 8.35. The Labute approximate surface area is 159 Å². The summed E-state index contributed by atoms with van der Waals surface area (Å²) in [7, 11) is -3.74. The van der Waals surface area contributed by atoms with Crippen molar-refractivity contribution in [3.63, 3.8) is 0 Å². The van der Waals surface area contributed by atoms with Crippen molar-refractivity contribution >= 4 is 43.5 Å². The average Bonchev–Trinajstić information content (AvgIpc) is 2.86. The van der Waals surface area contributed by atoms with E-state index in [2.05, 4.69) is 21.2 Å². The van der Waals surface area contributed by atoms with Crippen LogP contribution < -0.4 is 15.4 Å². The van der Waals surface area contributed by atoms with E-state index in [1.807, 2.05) is 6.07 Å². The molecule has 2 aromatic carbocycles. The third-order valence-corrected chi connectivity index (χ3v) is 5.44. The molecule has 2 aromatic rings. The van der Waals surface area contributed by atoms with Crippen molar-refractivity contribution in [3.8, 4) is 0 Å². The van der Waals surface area contributed by atoms with Crippen molar-refractivity contribution in [3.05, 3.63) is 58.6 Å². The smallest absolute Gasteiger partial charge is 0.251 e. The van der Waals surface area contributed by atoms with E-state index in [1.54, 1.807) is 30.3 Å². The van der Waals surface area contributed by atoms with Gasteiger partial charge in [-0.3, -0.25) is 9.59 Å². The Balaban J connectivity index is 1.68. The van der Waals surface area contributed by atoms with Crippen LogP contribution in [0.1, 0.15) is 12.0 Å². The second kappa shape index (κ2) is 7.28. The van der Waals surface area contributed by atoms with Crippen molar-refractivity contribution in [1.29, 1.82) is 0 Å². The molecule has 2 amide bonds. The number of hydrogen-bond donors (Lipinski definition) is 2. The molecule has 1 saturated heterocycles. The minimum Gasteiger partial charge on any atom is -0.301 e. The highest BCUT2D eigenvalue weighted by molar-refractivity contribution is 9.10. The number of halogens is 1. The fraction of sp³-hybridized carbons (Fsp3) is 0.176. The van der Waals surface area contributed by atoms with Crippen molar-refractivity contribution in [2.75, 3.05) is 4.90 Å². The molecule has 1 aliphatic rings. The molecule has 0 radical (unpaired) electrons. The van der Waals surface area contributed by atoms with Gasteiger partial charge in [0.1, 0.15) is 0 Å². The van der Waals surface area contributed by atoms with Gasteiger partial charge in [-0.25, -0.2) is 18.5 Å². The number of benzene rings is 2. The van der Waals surface area contributed by atoms with E-state index < -0.39 is 16.1 Å². The molecule has 1 heterocycles. The maximum atomic E-state index is 12.6. The molecular formula is C17H16BrN3O4S. The van der Waals surface area contributed by atoms with Crippen LogP contribution in [0.25, 0.3) is 0 Å². The topological polar surface area (TPSA) is 110 Å². The number of nitrogens with one attached hydrogen (secondary N) is 1. The molecule has 26 heavy (non-hydrogen) atoms. The van der Waals surface area contributed by atoms with Gasteiger partial charge in [0.15, 0.2) is 0 Å². The summed E-state index contributed by atoms with van der Waals surface area (Å²) in [5.74, 6) is -0.579. The monoisotopic (exact) mass is 437 g/mol. The number of imide groups is 1. The quantitative estimate of drug-likeness (QED) is 0.688. The van der Waals surface area contributed by atoms with Gasteiger partial charge in [0.2, 0.25) is 15.9 Å². The van der Waals surface area contributed by atoms with Gasteiger partial charge in [-0.05, 0) is 35.9 Å². The number of rotatable bonds is 5. The van der Waals surface area contributed by atoms with Crippen LogP contribution in [0.4, 0.5) is 5.69 Å². The van der Waals surface area contributed by atoms with Crippen molar-refractivity contribution in [1.82, 2.24) is 5.32 Å². The van der Waals surface area contributed by atoms with Crippen molar-refractivity contribution < 1.29 is 18.0 Å². The van der Waals surface area contributed by atoms with Gasteiger partial charge < -0.3 is 5.32 Å². The summed E-state index contributed by atoms with van der Waals surface area (Å²) in [6.45, 7) is 0.320. The largest absolute Gasteiger partial charge is 0.301 e. The van der Waals surface area contributed by atoms with E-state index in [1.165, 1.54) is 17.0 Å². The van der Waals surface area contributed by atoms with Gasteiger partial charge in [-0.1, -0.05) is 34.1 Å². The highest BCUT2D eigenvalue weighted by Crippen LogP contribution is 2.25. The molecule has 0 unspecified atom stereocenters. The minimum atomic E-state index is -3.74. The van der Waals surface area contributed by atoms with Gasteiger partial charge in [-0.2, -0.15) is 0 Å². The Morgan fingerprint density at radius 1 is 1.15 bits per heavy atom. The van der Waals surface area contributed by atoms with Gasteiger partial charge in [0.25, 0.3) is 5.91 Å². The van der Waals surface area contributed by atoms with Gasteiger partial charge >= 0.3 is 0 Å². The third-order valence-electron chi connectivity index (χ3n) is 4.02. The first-order valence-electron chi connectivity index (χ1n) is 7.73. The predicted molar refractivity (Wildman–Crippen MR) is 99.7 cm³/mol. The Morgan fingerprint density at radius 2 is 1.85 bits per heavy atom. The average molecular weight is 438 g/mol. The zero-order valence-electron chi connectivity index (χ0n) is 13.6. The van der Waals surface area contributed by atoms with E-state index in [-0.39, 0.29) is 23.1 Å². The van der Waals surface area contributed by atoms with Gasteiger partial charge in [0.05, 0.1) is 23.0 Å². The maximum Gasteiger partial charge on any atom is 0.251 e. The van der Waals surface area contributed by atoms with Gasteiger partial charge in [0, 0.05) is 11.0 Å². The number of nitrogens with two attached hydrogens (primary N) is 1. The van der Waals surface area contributed by atoms with Crippen LogP contribution in [0.15, 0.2) is 57.9 Å². The lowest BCUT2D eigenvalue weighted by Crippen LogP contribution is -2.38. The van der Waals surface area contributed by atoms with Crippen molar-refractivity contribution in [2.24, 2.45) is 5.14 Å². The number of hydrogen-bond acceptors (Lipinski definition) is 5. The standard InChI is InChI=1S/C17H16BrN3O4S/c18-12-2-1-3-13(8-12)21-16(22)9-15(17(21)23)20-10-11-4-6-14(7-5-11)26(19,24)25/h1-8,15,20H,9-10H2,(H2,19,24,25)/t15-/m0/s1. The van der Waals surface area contributed by atoms with E-state index in [9.17, 15) is 18.0 Å².